The number of piperidine rings is 1. The van der Waals surface area contributed by atoms with Crippen LogP contribution in [0.25, 0.3) is 0 Å². The Morgan fingerprint density at radius 2 is 1.78 bits per heavy atom. The first-order valence-electron chi connectivity index (χ1n) is 8.46. The van der Waals surface area contributed by atoms with E-state index in [1.807, 2.05) is 25.7 Å². The van der Waals surface area contributed by atoms with Crippen molar-refractivity contribution in [3.63, 3.8) is 0 Å². The number of carbonyl (C=O) groups is 1. The molecule has 1 fully saturated rings. The lowest BCUT2D eigenvalue weighted by molar-refractivity contribution is -0.136. The van der Waals surface area contributed by atoms with Gasteiger partial charge in [0, 0.05) is 13.1 Å². The zero-order valence-corrected chi connectivity index (χ0v) is 15.4. The molecule has 4 heteroatoms. The Labute approximate surface area is 147 Å². The lowest BCUT2D eigenvalue weighted by Crippen LogP contribution is -2.52. The molecule has 1 atom stereocenters. The second-order valence-electron chi connectivity index (χ2n) is 7.64. The number of rotatable bonds is 4. The zero-order chi connectivity index (χ0) is 16.2. The Balaban J connectivity index is 0.00000264. The van der Waals surface area contributed by atoms with Crippen LogP contribution in [0.15, 0.2) is 30.3 Å². The van der Waals surface area contributed by atoms with Gasteiger partial charge in [-0.25, -0.2) is 0 Å². The Morgan fingerprint density at radius 3 is 2.30 bits per heavy atom. The summed E-state index contributed by atoms with van der Waals surface area (Å²) in [7, 11) is 0. The third kappa shape index (κ3) is 5.82. The fourth-order valence-electron chi connectivity index (χ4n) is 3.02. The van der Waals surface area contributed by atoms with Gasteiger partial charge in [0.1, 0.15) is 0 Å². The van der Waals surface area contributed by atoms with E-state index < -0.39 is 6.04 Å². The van der Waals surface area contributed by atoms with Crippen LogP contribution in [0.5, 0.6) is 0 Å². The van der Waals surface area contributed by atoms with Crippen molar-refractivity contribution in [2.24, 2.45) is 17.1 Å². The van der Waals surface area contributed by atoms with Gasteiger partial charge in [-0.2, -0.15) is 0 Å². The van der Waals surface area contributed by atoms with E-state index >= 15 is 0 Å². The Morgan fingerprint density at radius 1 is 1.22 bits per heavy atom. The summed E-state index contributed by atoms with van der Waals surface area (Å²) in [5.74, 6) is 0.851. The van der Waals surface area contributed by atoms with Crippen LogP contribution in [-0.2, 0) is 11.2 Å². The molecule has 130 valence electrons. The fourth-order valence-corrected chi connectivity index (χ4v) is 3.02. The number of benzene rings is 1. The Kier molecular flexibility index (Phi) is 7.56. The predicted molar refractivity (Wildman–Crippen MR) is 98.7 cm³/mol. The first kappa shape index (κ1) is 20.0. The van der Waals surface area contributed by atoms with Gasteiger partial charge in [0.2, 0.25) is 5.91 Å². The highest BCUT2D eigenvalue weighted by Gasteiger charge is 2.32. The number of hydrogen-bond acceptors (Lipinski definition) is 2. The Bertz CT molecular complexity index is 476. The molecule has 0 aliphatic carbocycles. The second-order valence-corrected chi connectivity index (χ2v) is 7.64. The van der Waals surface area contributed by atoms with E-state index in [0.29, 0.717) is 0 Å². The third-order valence-electron chi connectivity index (χ3n) is 4.81. The van der Waals surface area contributed by atoms with Crippen molar-refractivity contribution in [2.45, 2.75) is 52.5 Å². The smallest absolute Gasteiger partial charge is 0.240 e. The van der Waals surface area contributed by atoms with Crippen LogP contribution in [0.3, 0.4) is 0 Å². The molecule has 2 N–H and O–H groups in total. The van der Waals surface area contributed by atoms with Crippen LogP contribution < -0.4 is 5.73 Å². The molecule has 1 saturated heterocycles. The van der Waals surface area contributed by atoms with Crippen LogP contribution in [-0.4, -0.2) is 29.9 Å². The first-order valence-corrected chi connectivity index (χ1v) is 8.46. The second kappa shape index (κ2) is 8.70. The van der Waals surface area contributed by atoms with Crippen LogP contribution in [0.4, 0.5) is 0 Å². The summed E-state index contributed by atoms with van der Waals surface area (Å²) in [6, 6.07) is 10.3. The first-order chi connectivity index (χ1) is 10.4. The number of halogens is 1. The molecule has 1 amide bonds. The summed E-state index contributed by atoms with van der Waals surface area (Å²) < 4.78 is 0. The molecule has 1 heterocycles. The molecule has 23 heavy (non-hydrogen) atoms. The van der Waals surface area contributed by atoms with Crippen LogP contribution in [0.2, 0.25) is 0 Å². The van der Waals surface area contributed by atoms with Crippen LogP contribution in [0.1, 0.15) is 45.6 Å². The number of carbonyl (C=O) groups excluding carboxylic acids is 1. The van der Waals surface area contributed by atoms with E-state index in [-0.39, 0.29) is 23.7 Å². The van der Waals surface area contributed by atoms with Crippen molar-refractivity contribution >= 4 is 18.3 Å². The van der Waals surface area contributed by atoms with E-state index in [1.165, 1.54) is 12.0 Å². The minimum atomic E-state index is -0.395. The van der Waals surface area contributed by atoms with Gasteiger partial charge < -0.3 is 10.6 Å². The standard InChI is InChI=1S/C19H30N2O.ClH/c1-19(2,3)17(20)18(22)21-13-11-16(12-14-21)10-9-15-7-5-4-6-8-15;/h4-8,16-17H,9-14,20H2,1-3H3;1H/t17-;/m1./s1. The van der Waals surface area contributed by atoms with Crippen molar-refractivity contribution in [1.82, 2.24) is 4.90 Å². The molecule has 0 radical (unpaired) electrons. The molecule has 0 aromatic heterocycles. The van der Waals surface area contributed by atoms with Gasteiger partial charge >= 0.3 is 0 Å². The highest BCUT2D eigenvalue weighted by molar-refractivity contribution is 5.85. The van der Waals surface area contributed by atoms with Gasteiger partial charge in [-0.3, -0.25) is 4.79 Å². The normalized spacial score (nSPS) is 17.5. The molecule has 1 aliphatic rings. The van der Waals surface area contributed by atoms with Crippen molar-refractivity contribution in [2.75, 3.05) is 13.1 Å². The number of hydrogen-bond donors (Lipinski definition) is 1. The molecule has 2 rings (SSSR count). The van der Waals surface area contributed by atoms with Crippen LogP contribution in [0, 0.1) is 11.3 Å². The topological polar surface area (TPSA) is 46.3 Å². The van der Waals surface area contributed by atoms with E-state index in [9.17, 15) is 4.79 Å². The third-order valence-corrected chi connectivity index (χ3v) is 4.81. The van der Waals surface area contributed by atoms with Gasteiger partial charge in [0.05, 0.1) is 6.04 Å². The highest BCUT2D eigenvalue weighted by Crippen LogP contribution is 2.25. The fraction of sp³-hybridized carbons (Fsp3) is 0.632. The minimum Gasteiger partial charge on any atom is -0.341 e. The average molecular weight is 339 g/mol. The molecule has 1 aromatic rings. The van der Waals surface area contributed by atoms with Crippen molar-refractivity contribution < 1.29 is 4.79 Å². The maximum Gasteiger partial charge on any atom is 0.240 e. The van der Waals surface area contributed by atoms with Crippen LogP contribution >= 0.6 is 12.4 Å². The molecule has 0 unspecified atom stereocenters. The highest BCUT2D eigenvalue weighted by atomic mass is 35.5. The number of aryl methyl sites for hydroxylation is 1. The SMILES string of the molecule is CC(C)(C)[C@H](N)C(=O)N1CCC(CCc2ccccc2)CC1.Cl. The molecular weight excluding hydrogens is 308 g/mol. The summed E-state index contributed by atoms with van der Waals surface area (Å²) in [5.41, 5.74) is 7.35. The summed E-state index contributed by atoms with van der Waals surface area (Å²) in [6.45, 7) is 7.82. The summed E-state index contributed by atoms with van der Waals surface area (Å²) in [6.07, 6.45) is 4.57. The minimum absolute atomic E-state index is 0. The van der Waals surface area contributed by atoms with Gasteiger partial charge in [0.15, 0.2) is 0 Å². The molecule has 0 spiro atoms. The largest absolute Gasteiger partial charge is 0.341 e. The summed E-state index contributed by atoms with van der Waals surface area (Å²) in [4.78, 5) is 14.4. The monoisotopic (exact) mass is 338 g/mol. The molecular formula is C19H31ClN2O. The number of amides is 1. The van der Waals surface area contributed by atoms with Gasteiger partial charge in [-0.1, -0.05) is 51.1 Å². The molecule has 0 bridgehead atoms. The zero-order valence-electron chi connectivity index (χ0n) is 14.6. The molecule has 0 saturated carbocycles. The summed E-state index contributed by atoms with van der Waals surface area (Å²) >= 11 is 0. The maximum atomic E-state index is 12.4. The number of nitrogens with zero attached hydrogens (tertiary/aromatic N) is 1. The van der Waals surface area contributed by atoms with Gasteiger partial charge in [-0.15, -0.1) is 12.4 Å². The van der Waals surface area contributed by atoms with E-state index in [1.54, 1.807) is 0 Å². The lowest BCUT2D eigenvalue weighted by atomic mass is 9.85. The van der Waals surface area contributed by atoms with E-state index in [4.69, 9.17) is 5.73 Å². The maximum absolute atomic E-state index is 12.4. The van der Waals surface area contributed by atoms with Crippen molar-refractivity contribution in [3.8, 4) is 0 Å². The van der Waals surface area contributed by atoms with Crippen molar-refractivity contribution in [1.29, 1.82) is 0 Å². The Hall–Kier alpha value is -1.06. The predicted octanol–water partition coefficient (Wildman–Crippen LogP) is 3.65. The number of likely N-dealkylation sites (tertiary alicyclic amines) is 1. The van der Waals surface area contributed by atoms with E-state index in [2.05, 4.69) is 30.3 Å². The lowest BCUT2D eigenvalue weighted by Gasteiger charge is -2.36. The van der Waals surface area contributed by atoms with E-state index in [0.717, 1.165) is 38.3 Å². The molecule has 1 aromatic carbocycles. The quantitative estimate of drug-likeness (QED) is 0.910. The van der Waals surface area contributed by atoms with Gasteiger partial charge in [0.25, 0.3) is 0 Å². The molecule has 1 aliphatic heterocycles. The average Bonchev–Trinajstić information content (AvgIpc) is 2.52. The number of nitrogens with two attached hydrogens (primary N) is 1. The van der Waals surface area contributed by atoms with Gasteiger partial charge in [-0.05, 0) is 42.6 Å². The van der Waals surface area contributed by atoms with Crippen molar-refractivity contribution in [3.05, 3.63) is 35.9 Å². The molecule has 3 nitrogen and oxygen atoms in total. The summed E-state index contributed by atoms with van der Waals surface area (Å²) in [5, 5.41) is 0.